The number of carbonyl (C=O) groups is 1. The summed E-state index contributed by atoms with van der Waals surface area (Å²) in [5.41, 5.74) is 2.35. The first-order valence-electron chi connectivity index (χ1n) is 9.48. The van der Waals surface area contributed by atoms with Gasteiger partial charge < -0.3 is 14.5 Å². The van der Waals surface area contributed by atoms with Crippen LogP contribution in [0.15, 0.2) is 59.5 Å². The Hall–Kier alpha value is -3.41. The smallest absolute Gasteiger partial charge is 0.256 e. The number of rotatable bonds is 2. The summed E-state index contributed by atoms with van der Waals surface area (Å²) in [6, 6.07) is 15.2. The summed E-state index contributed by atoms with van der Waals surface area (Å²) in [6.07, 6.45) is 3.35. The molecule has 1 amide bonds. The lowest BCUT2D eigenvalue weighted by Crippen LogP contribution is -2.32. The molecule has 0 unspecified atom stereocenters. The SMILES string of the molecule is Cn1c([C@H]2CCCN2C(=O)c2c[nH]c(=O)c3ccccc23)nc2ccccc21. The Kier molecular flexibility index (Phi) is 3.79. The van der Waals surface area contributed by atoms with Crippen LogP contribution in [0, 0.1) is 0 Å². The fraction of sp³-hybridized carbons (Fsp3) is 0.227. The molecule has 0 bridgehead atoms. The third-order valence-electron chi connectivity index (χ3n) is 5.67. The van der Waals surface area contributed by atoms with E-state index in [1.165, 1.54) is 6.20 Å². The van der Waals surface area contributed by atoms with Crippen molar-refractivity contribution in [1.82, 2.24) is 19.4 Å². The number of amides is 1. The van der Waals surface area contributed by atoms with E-state index in [0.29, 0.717) is 22.9 Å². The Morgan fingerprint density at radius 2 is 1.86 bits per heavy atom. The first kappa shape index (κ1) is 16.7. The second-order valence-electron chi connectivity index (χ2n) is 7.25. The van der Waals surface area contributed by atoms with E-state index in [2.05, 4.69) is 9.55 Å². The maximum atomic E-state index is 13.4. The van der Waals surface area contributed by atoms with Gasteiger partial charge in [0.2, 0.25) is 0 Å². The number of nitrogens with zero attached hydrogens (tertiary/aromatic N) is 3. The van der Waals surface area contributed by atoms with Crippen LogP contribution in [0.1, 0.15) is 35.1 Å². The third-order valence-corrected chi connectivity index (χ3v) is 5.67. The second-order valence-corrected chi connectivity index (χ2v) is 7.25. The van der Waals surface area contributed by atoms with Crippen LogP contribution in [0.3, 0.4) is 0 Å². The molecule has 6 heteroatoms. The summed E-state index contributed by atoms with van der Waals surface area (Å²) < 4.78 is 2.08. The van der Waals surface area contributed by atoms with Crippen molar-refractivity contribution >= 4 is 27.7 Å². The molecule has 1 N–H and O–H groups in total. The van der Waals surface area contributed by atoms with E-state index < -0.39 is 0 Å². The Bertz CT molecular complexity index is 1270. The number of carbonyl (C=O) groups excluding carboxylic acids is 1. The zero-order valence-electron chi connectivity index (χ0n) is 15.6. The predicted octanol–water partition coefficient (Wildman–Crippen LogP) is 3.39. The van der Waals surface area contributed by atoms with Gasteiger partial charge in [0.1, 0.15) is 5.82 Å². The van der Waals surface area contributed by atoms with Crippen LogP contribution in [0.4, 0.5) is 0 Å². The number of pyridine rings is 1. The number of para-hydroxylation sites is 2. The van der Waals surface area contributed by atoms with E-state index in [1.807, 2.05) is 54.4 Å². The van der Waals surface area contributed by atoms with Crippen molar-refractivity contribution < 1.29 is 4.79 Å². The van der Waals surface area contributed by atoms with Gasteiger partial charge in [0.05, 0.1) is 22.6 Å². The van der Waals surface area contributed by atoms with Crippen LogP contribution in [0.5, 0.6) is 0 Å². The van der Waals surface area contributed by atoms with Crippen molar-refractivity contribution in [3.63, 3.8) is 0 Å². The van der Waals surface area contributed by atoms with Gasteiger partial charge in [-0.05, 0) is 31.0 Å². The molecule has 5 rings (SSSR count). The molecule has 1 fully saturated rings. The van der Waals surface area contributed by atoms with Crippen LogP contribution in [0.2, 0.25) is 0 Å². The molecule has 4 aromatic rings. The van der Waals surface area contributed by atoms with Gasteiger partial charge in [0, 0.05) is 30.6 Å². The van der Waals surface area contributed by atoms with Crippen LogP contribution in [-0.4, -0.2) is 31.9 Å². The number of H-pyrrole nitrogens is 1. The summed E-state index contributed by atoms with van der Waals surface area (Å²) in [6.45, 7) is 0.681. The first-order chi connectivity index (χ1) is 13.6. The number of nitrogens with one attached hydrogen (secondary N) is 1. The summed E-state index contributed by atoms with van der Waals surface area (Å²) in [5, 5.41) is 1.22. The van der Waals surface area contributed by atoms with Crippen LogP contribution in [0.25, 0.3) is 21.8 Å². The zero-order chi connectivity index (χ0) is 19.3. The molecule has 0 saturated carbocycles. The second kappa shape index (κ2) is 6.34. The van der Waals surface area contributed by atoms with E-state index >= 15 is 0 Å². The number of likely N-dealkylation sites (tertiary alicyclic amines) is 1. The molecule has 1 aliphatic heterocycles. The van der Waals surface area contributed by atoms with Crippen molar-refractivity contribution in [2.45, 2.75) is 18.9 Å². The molecule has 0 spiro atoms. The lowest BCUT2D eigenvalue weighted by molar-refractivity contribution is 0.0730. The lowest BCUT2D eigenvalue weighted by Gasteiger charge is -2.25. The van der Waals surface area contributed by atoms with Gasteiger partial charge in [-0.15, -0.1) is 0 Å². The van der Waals surface area contributed by atoms with Crippen LogP contribution >= 0.6 is 0 Å². The molecular formula is C22H20N4O2. The molecule has 2 aromatic carbocycles. The Balaban J connectivity index is 1.59. The molecule has 1 atom stereocenters. The highest BCUT2D eigenvalue weighted by atomic mass is 16.2. The summed E-state index contributed by atoms with van der Waals surface area (Å²) in [7, 11) is 2.00. The fourth-order valence-electron chi connectivity index (χ4n) is 4.28. The van der Waals surface area contributed by atoms with Gasteiger partial charge in [-0.2, -0.15) is 0 Å². The van der Waals surface area contributed by atoms with E-state index in [4.69, 9.17) is 4.98 Å². The van der Waals surface area contributed by atoms with E-state index in [-0.39, 0.29) is 17.5 Å². The molecule has 1 saturated heterocycles. The minimum atomic E-state index is -0.180. The maximum absolute atomic E-state index is 13.4. The highest BCUT2D eigenvalue weighted by Crippen LogP contribution is 2.34. The van der Waals surface area contributed by atoms with Crippen molar-refractivity contribution in [1.29, 1.82) is 0 Å². The van der Waals surface area contributed by atoms with E-state index in [0.717, 1.165) is 29.7 Å². The third kappa shape index (κ3) is 2.45. The lowest BCUT2D eigenvalue weighted by atomic mass is 10.1. The van der Waals surface area contributed by atoms with Crippen LogP contribution in [-0.2, 0) is 7.05 Å². The molecule has 3 heterocycles. The van der Waals surface area contributed by atoms with Gasteiger partial charge in [-0.25, -0.2) is 4.98 Å². The molecular weight excluding hydrogens is 352 g/mol. The minimum absolute atomic E-state index is 0.0676. The van der Waals surface area contributed by atoms with Crippen molar-refractivity contribution in [3.8, 4) is 0 Å². The molecule has 0 radical (unpaired) electrons. The molecule has 2 aromatic heterocycles. The Labute approximate surface area is 161 Å². The van der Waals surface area contributed by atoms with Crippen molar-refractivity contribution in [2.24, 2.45) is 7.05 Å². The van der Waals surface area contributed by atoms with Gasteiger partial charge in [-0.1, -0.05) is 30.3 Å². The highest BCUT2D eigenvalue weighted by molar-refractivity contribution is 6.06. The summed E-state index contributed by atoms with van der Waals surface area (Å²) in [4.78, 5) is 35.0. The van der Waals surface area contributed by atoms with Gasteiger partial charge in [0.15, 0.2) is 0 Å². The van der Waals surface area contributed by atoms with Crippen molar-refractivity contribution in [3.05, 3.63) is 76.5 Å². The average molecular weight is 372 g/mol. The largest absolute Gasteiger partial charge is 0.329 e. The van der Waals surface area contributed by atoms with E-state index in [9.17, 15) is 9.59 Å². The zero-order valence-corrected chi connectivity index (χ0v) is 15.6. The van der Waals surface area contributed by atoms with Gasteiger partial charge >= 0.3 is 0 Å². The normalized spacial score (nSPS) is 16.9. The van der Waals surface area contributed by atoms with Gasteiger partial charge in [0.25, 0.3) is 11.5 Å². The highest BCUT2D eigenvalue weighted by Gasteiger charge is 2.34. The van der Waals surface area contributed by atoms with Crippen LogP contribution < -0.4 is 5.56 Å². The number of fused-ring (bicyclic) bond motifs is 2. The van der Waals surface area contributed by atoms with Crippen molar-refractivity contribution in [2.75, 3.05) is 6.54 Å². The monoisotopic (exact) mass is 372 g/mol. The first-order valence-corrected chi connectivity index (χ1v) is 9.48. The number of imidazole rings is 1. The minimum Gasteiger partial charge on any atom is -0.329 e. The quantitative estimate of drug-likeness (QED) is 0.586. The maximum Gasteiger partial charge on any atom is 0.256 e. The Morgan fingerprint density at radius 1 is 1.11 bits per heavy atom. The molecule has 1 aliphatic rings. The van der Waals surface area contributed by atoms with E-state index in [1.54, 1.807) is 6.07 Å². The standard InChI is InChI=1S/C22H20N4O2/c1-25-18-10-5-4-9-17(18)24-20(25)19-11-6-12-26(19)22(28)16-13-23-21(27)15-8-3-2-7-14(15)16/h2-5,7-10,13,19H,6,11-12H2,1H3,(H,23,27)/t19-/m1/s1. The number of aromatic amines is 1. The molecule has 0 aliphatic carbocycles. The average Bonchev–Trinajstić information content (AvgIpc) is 3.33. The number of benzene rings is 2. The summed E-state index contributed by atoms with van der Waals surface area (Å²) in [5.74, 6) is 0.836. The number of aromatic nitrogens is 3. The topological polar surface area (TPSA) is 71.0 Å². The summed E-state index contributed by atoms with van der Waals surface area (Å²) >= 11 is 0. The number of aryl methyl sites for hydroxylation is 1. The molecule has 6 nitrogen and oxygen atoms in total. The van der Waals surface area contributed by atoms with Gasteiger partial charge in [-0.3, -0.25) is 9.59 Å². The number of hydrogen-bond acceptors (Lipinski definition) is 3. The Morgan fingerprint density at radius 3 is 2.68 bits per heavy atom. The fourth-order valence-corrected chi connectivity index (χ4v) is 4.28. The number of hydrogen-bond donors (Lipinski definition) is 1. The molecule has 28 heavy (non-hydrogen) atoms. The predicted molar refractivity (Wildman–Crippen MR) is 108 cm³/mol. The molecule has 140 valence electrons.